The van der Waals surface area contributed by atoms with E-state index in [1.807, 2.05) is 20.8 Å². The summed E-state index contributed by atoms with van der Waals surface area (Å²) in [5, 5.41) is 7.79. The predicted octanol–water partition coefficient (Wildman–Crippen LogP) is 3.30. The van der Waals surface area contributed by atoms with Crippen LogP contribution in [0.15, 0.2) is 34.3 Å². The van der Waals surface area contributed by atoms with Crippen LogP contribution in [0.5, 0.6) is 0 Å². The lowest BCUT2D eigenvalue weighted by atomic mass is 10.1. The van der Waals surface area contributed by atoms with Gasteiger partial charge in [-0.1, -0.05) is 11.8 Å². The first kappa shape index (κ1) is 19.6. The number of amides is 1. The lowest BCUT2D eigenvalue weighted by molar-refractivity contribution is -0.116. The van der Waals surface area contributed by atoms with Crippen LogP contribution in [0.25, 0.3) is 11.0 Å². The van der Waals surface area contributed by atoms with Crippen LogP contribution in [-0.4, -0.2) is 31.0 Å². The Hall–Kier alpha value is -2.75. The van der Waals surface area contributed by atoms with Crippen LogP contribution < -0.4 is 10.9 Å². The van der Waals surface area contributed by atoms with E-state index >= 15 is 0 Å². The van der Waals surface area contributed by atoms with Gasteiger partial charge in [0.2, 0.25) is 5.91 Å². The van der Waals surface area contributed by atoms with E-state index < -0.39 is 17.5 Å². The maximum absolute atomic E-state index is 13.3. The van der Waals surface area contributed by atoms with E-state index in [1.54, 1.807) is 4.68 Å². The van der Waals surface area contributed by atoms with Gasteiger partial charge in [-0.25, -0.2) is 18.4 Å². The highest BCUT2D eigenvalue weighted by atomic mass is 32.2. The van der Waals surface area contributed by atoms with Gasteiger partial charge in [0.25, 0.3) is 5.56 Å². The number of benzene rings is 1. The molecule has 1 amide bonds. The van der Waals surface area contributed by atoms with Gasteiger partial charge < -0.3 is 5.32 Å². The van der Waals surface area contributed by atoms with Crippen LogP contribution in [0.1, 0.15) is 33.2 Å². The van der Waals surface area contributed by atoms with E-state index in [0.717, 1.165) is 12.1 Å². The first-order chi connectivity index (χ1) is 13.6. The van der Waals surface area contributed by atoms with Crippen LogP contribution in [0.2, 0.25) is 0 Å². The first-order valence-electron chi connectivity index (χ1n) is 9.03. The fraction of sp³-hybridized carbons (Fsp3) is 0.368. The highest BCUT2D eigenvalue weighted by molar-refractivity contribution is 7.99. The number of halogens is 2. The quantitative estimate of drug-likeness (QED) is 0.659. The summed E-state index contributed by atoms with van der Waals surface area (Å²) >= 11 is 1.40. The fourth-order valence-corrected chi connectivity index (χ4v) is 4.40. The predicted molar refractivity (Wildman–Crippen MR) is 106 cm³/mol. The molecule has 1 N–H and O–H groups in total. The summed E-state index contributed by atoms with van der Waals surface area (Å²) in [6, 6.07) is 2.76. The van der Waals surface area contributed by atoms with Crippen molar-refractivity contribution in [3.8, 4) is 0 Å². The summed E-state index contributed by atoms with van der Waals surface area (Å²) < 4.78 is 29.6. The zero-order valence-corrected chi connectivity index (χ0v) is 16.9. The van der Waals surface area contributed by atoms with Gasteiger partial charge in [-0.3, -0.25) is 14.2 Å². The maximum Gasteiger partial charge on any atom is 0.265 e. The lowest BCUT2D eigenvalue weighted by Gasteiger charge is -2.20. The summed E-state index contributed by atoms with van der Waals surface area (Å²) in [5.74, 6) is -1.90. The number of nitrogens with one attached hydrogen (secondary N) is 1. The molecule has 7 nitrogen and oxygen atoms in total. The molecule has 1 atom stereocenters. The Kier molecular flexibility index (Phi) is 4.68. The highest BCUT2D eigenvalue weighted by Crippen LogP contribution is 2.34. The SMILES string of the molecule is CC(C)(C)n1ncc2c(=O)n3c(nc21)SCC3CC(=O)Nc1ccc(F)c(F)c1. The number of hydrogen-bond acceptors (Lipinski definition) is 5. The molecule has 0 aliphatic carbocycles. The first-order valence-corrected chi connectivity index (χ1v) is 10.0. The molecule has 2 aromatic heterocycles. The summed E-state index contributed by atoms with van der Waals surface area (Å²) in [5.41, 5.74) is 0.115. The van der Waals surface area contributed by atoms with Crippen molar-refractivity contribution < 1.29 is 13.6 Å². The number of rotatable bonds is 3. The molecule has 29 heavy (non-hydrogen) atoms. The Morgan fingerprint density at radius 1 is 1.31 bits per heavy atom. The van der Waals surface area contributed by atoms with E-state index in [-0.39, 0.29) is 29.2 Å². The molecule has 0 radical (unpaired) electrons. The molecule has 0 saturated heterocycles. The third kappa shape index (κ3) is 3.52. The number of thioether (sulfide) groups is 1. The molecule has 0 bridgehead atoms. The van der Waals surface area contributed by atoms with Crippen LogP contribution >= 0.6 is 11.8 Å². The molecule has 3 aromatic rings. The fourth-order valence-electron chi connectivity index (χ4n) is 3.27. The van der Waals surface area contributed by atoms with E-state index in [2.05, 4.69) is 15.4 Å². The van der Waals surface area contributed by atoms with Gasteiger partial charge in [-0.05, 0) is 32.9 Å². The van der Waals surface area contributed by atoms with Crippen molar-refractivity contribution in [1.82, 2.24) is 19.3 Å². The summed E-state index contributed by atoms with van der Waals surface area (Å²) in [4.78, 5) is 30.0. The molecule has 10 heteroatoms. The number of nitrogens with zero attached hydrogens (tertiary/aromatic N) is 4. The smallest absolute Gasteiger partial charge is 0.265 e. The van der Waals surface area contributed by atoms with E-state index in [9.17, 15) is 18.4 Å². The Morgan fingerprint density at radius 3 is 2.76 bits per heavy atom. The van der Waals surface area contributed by atoms with Gasteiger partial charge in [0, 0.05) is 23.9 Å². The number of carbonyl (C=O) groups excluding carboxylic acids is 1. The number of aromatic nitrogens is 4. The Balaban J connectivity index is 1.60. The van der Waals surface area contributed by atoms with Crippen LogP contribution in [0, 0.1) is 11.6 Å². The number of hydrogen-bond donors (Lipinski definition) is 1. The van der Waals surface area contributed by atoms with E-state index in [1.165, 1.54) is 28.6 Å². The maximum atomic E-state index is 13.3. The van der Waals surface area contributed by atoms with E-state index in [4.69, 9.17) is 0 Å². The molecule has 0 spiro atoms. The Bertz CT molecular complexity index is 1180. The third-order valence-electron chi connectivity index (χ3n) is 4.63. The zero-order chi connectivity index (χ0) is 20.9. The molecular formula is C19H19F2N5O2S. The zero-order valence-electron chi connectivity index (χ0n) is 16.1. The monoisotopic (exact) mass is 419 g/mol. The van der Waals surface area contributed by atoms with Crippen molar-refractivity contribution in [2.24, 2.45) is 0 Å². The van der Waals surface area contributed by atoms with Crippen molar-refractivity contribution >= 4 is 34.4 Å². The van der Waals surface area contributed by atoms with Gasteiger partial charge in [0.15, 0.2) is 22.4 Å². The van der Waals surface area contributed by atoms with Crippen LogP contribution in [-0.2, 0) is 10.3 Å². The normalized spacial score (nSPS) is 16.2. The molecule has 1 unspecified atom stereocenters. The highest BCUT2D eigenvalue weighted by Gasteiger charge is 2.30. The largest absolute Gasteiger partial charge is 0.326 e. The molecule has 152 valence electrons. The number of fused-ring (bicyclic) bond motifs is 2. The summed E-state index contributed by atoms with van der Waals surface area (Å²) in [6.07, 6.45) is 1.52. The standard InChI is InChI=1S/C19H19F2N5O2S/c1-19(2,3)26-16-12(8-22-26)17(28)25-11(9-29-18(25)24-16)7-15(27)23-10-4-5-13(20)14(21)6-10/h4-6,8,11H,7,9H2,1-3H3,(H,23,27). The minimum absolute atomic E-state index is 0.0134. The molecule has 3 heterocycles. The average Bonchev–Trinajstić information content (AvgIpc) is 3.23. The molecule has 1 aliphatic rings. The second-order valence-corrected chi connectivity index (χ2v) is 8.87. The van der Waals surface area contributed by atoms with Crippen molar-refractivity contribution in [2.45, 2.75) is 43.9 Å². The molecule has 1 aliphatic heterocycles. The lowest BCUT2D eigenvalue weighted by Crippen LogP contribution is -2.29. The number of carbonyl (C=O) groups is 1. The van der Waals surface area contributed by atoms with Crippen molar-refractivity contribution in [3.05, 3.63) is 46.4 Å². The topological polar surface area (TPSA) is 81.8 Å². The van der Waals surface area contributed by atoms with Crippen molar-refractivity contribution in [1.29, 1.82) is 0 Å². The van der Waals surface area contributed by atoms with Crippen molar-refractivity contribution in [3.63, 3.8) is 0 Å². The average molecular weight is 419 g/mol. The van der Waals surface area contributed by atoms with Gasteiger partial charge in [0.05, 0.1) is 17.8 Å². The number of anilines is 1. The molecule has 1 aromatic carbocycles. The molecule has 4 rings (SSSR count). The molecular weight excluding hydrogens is 400 g/mol. The molecule has 0 fully saturated rings. The van der Waals surface area contributed by atoms with Gasteiger partial charge in [-0.15, -0.1) is 0 Å². The van der Waals surface area contributed by atoms with Crippen LogP contribution in [0.3, 0.4) is 0 Å². The van der Waals surface area contributed by atoms with Gasteiger partial charge in [-0.2, -0.15) is 5.10 Å². The second kappa shape index (κ2) is 6.94. The molecule has 0 saturated carbocycles. The summed E-state index contributed by atoms with van der Waals surface area (Å²) in [6.45, 7) is 5.93. The van der Waals surface area contributed by atoms with Gasteiger partial charge in [0.1, 0.15) is 5.39 Å². The minimum Gasteiger partial charge on any atom is -0.326 e. The Morgan fingerprint density at radius 2 is 2.07 bits per heavy atom. The van der Waals surface area contributed by atoms with Crippen LogP contribution in [0.4, 0.5) is 14.5 Å². The van der Waals surface area contributed by atoms with E-state index in [0.29, 0.717) is 21.9 Å². The summed E-state index contributed by atoms with van der Waals surface area (Å²) in [7, 11) is 0. The van der Waals surface area contributed by atoms with Crippen molar-refractivity contribution in [2.75, 3.05) is 11.1 Å². The second-order valence-electron chi connectivity index (χ2n) is 7.88. The van der Waals surface area contributed by atoms with Gasteiger partial charge >= 0.3 is 0 Å². The minimum atomic E-state index is -1.04. The Labute approximate surface area is 169 Å². The third-order valence-corrected chi connectivity index (χ3v) is 5.73.